The summed E-state index contributed by atoms with van der Waals surface area (Å²) in [4.78, 5) is 23.5. The Morgan fingerprint density at radius 3 is 2.90 bits per heavy atom. The maximum absolute atomic E-state index is 13.6. The molecule has 1 aromatic carbocycles. The zero-order valence-corrected chi connectivity index (χ0v) is 11.8. The second kappa shape index (κ2) is 6.62. The van der Waals surface area contributed by atoms with Gasteiger partial charge >= 0.3 is 11.7 Å². The van der Waals surface area contributed by atoms with Crippen LogP contribution in [0.2, 0.25) is 0 Å². The molecule has 1 aliphatic rings. The standard InChI is InChI=1S/C14H17FN2O4/c1-21-14(18)13-4-2-3-7-16(13)9-10-5-6-12(17(19)20)11(15)8-10/h5-6,8,13H,2-4,7,9H2,1H3. The third-order valence-corrected chi connectivity index (χ3v) is 3.68. The van der Waals surface area contributed by atoms with Crippen molar-refractivity contribution < 1.29 is 18.8 Å². The Balaban J connectivity index is 2.14. The molecule has 21 heavy (non-hydrogen) atoms. The van der Waals surface area contributed by atoms with E-state index in [1.165, 1.54) is 13.2 Å². The van der Waals surface area contributed by atoms with Crippen LogP contribution in [0, 0.1) is 15.9 Å². The Hall–Kier alpha value is -2.02. The number of esters is 1. The highest BCUT2D eigenvalue weighted by molar-refractivity contribution is 5.75. The summed E-state index contributed by atoms with van der Waals surface area (Å²) in [5.74, 6) is -1.15. The number of rotatable bonds is 4. The lowest BCUT2D eigenvalue weighted by molar-refractivity contribution is -0.387. The molecule has 1 fully saturated rings. The van der Waals surface area contributed by atoms with Gasteiger partial charge in [-0.15, -0.1) is 0 Å². The van der Waals surface area contributed by atoms with E-state index < -0.39 is 16.4 Å². The molecule has 6 nitrogen and oxygen atoms in total. The number of halogens is 1. The van der Waals surface area contributed by atoms with Crippen molar-refractivity contribution >= 4 is 11.7 Å². The lowest BCUT2D eigenvalue weighted by Crippen LogP contribution is -2.44. The zero-order chi connectivity index (χ0) is 15.4. The molecule has 1 atom stereocenters. The van der Waals surface area contributed by atoms with Gasteiger partial charge in [0.05, 0.1) is 12.0 Å². The van der Waals surface area contributed by atoms with E-state index in [2.05, 4.69) is 0 Å². The SMILES string of the molecule is COC(=O)C1CCCCN1Cc1ccc([N+](=O)[O-])c(F)c1. The van der Waals surface area contributed by atoms with Gasteiger partial charge in [0.15, 0.2) is 0 Å². The Morgan fingerprint density at radius 2 is 2.29 bits per heavy atom. The Labute approximate surface area is 121 Å². The van der Waals surface area contributed by atoms with E-state index in [0.717, 1.165) is 31.5 Å². The molecule has 1 heterocycles. The number of carbonyl (C=O) groups excluding carboxylic acids is 1. The topological polar surface area (TPSA) is 72.7 Å². The maximum atomic E-state index is 13.6. The normalized spacial score (nSPS) is 19.2. The first-order chi connectivity index (χ1) is 10.0. The number of hydrogen-bond donors (Lipinski definition) is 0. The van der Waals surface area contributed by atoms with Crippen LogP contribution in [0.5, 0.6) is 0 Å². The van der Waals surface area contributed by atoms with Crippen molar-refractivity contribution in [1.29, 1.82) is 0 Å². The largest absolute Gasteiger partial charge is 0.468 e. The third-order valence-electron chi connectivity index (χ3n) is 3.68. The molecule has 1 aromatic rings. The molecular formula is C14H17FN2O4. The van der Waals surface area contributed by atoms with Crippen LogP contribution in [0.15, 0.2) is 18.2 Å². The molecule has 0 amide bonds. The van der Waals surface area contributed by atoms with Gasteiger partial charge < -0.3 is 4.74 Å². The summed E-state index contributed by atoms with van der Waals surface area (Å²) in [6.07, 6.45) is 2.62. The summed E-state index contributed by atoms with van der Waals surface area (Å²) in [7, 11) is 1.35. The molecule has 0 bridgehead atoms. The number of hydrogen-bond acceptors (Lipinski definition) is 5. The average molecular weight is 296 g/mol. The molecule has 0 aliphatic carbocycles. The van der Waals surface area contributed by atoms with E-state index in [-0.39, 0.29) is 12.0 Å². The van der Waals surface area contributed by atoms with Gasteiger partial charge in [0, 0.05) is 12.6 Å². The monoisotopic (exact) mass is 296 g/mol. The van der Waals surface area contributed by atoms with Crippen LogP contribution in [0.1, 0.15) is 24.8 Å². The first-order valence-corrected chi connectivity index (χ1v) is 6.77. The number of nitrogens with zero attached hydrogens (tertiary/aromatic N) is 2. The zero-order valence-electron chi connectivity index (χ0n) is 11.8. The minimum Gasteiger partial charge on any atom is -0.468 e. The first kappa shape index (κ1) is 15.4. The third kappa shape index (κ3) is 3.55. The van der Waals surface area contributed by atoms with Gasteiger partial charge in [0.25, 0.3) is 0 Å². The van der Waals surface area contributed by atoms with Crippen molar-refractivity contribution in [2.45, 2.75) is 31.8 Å². The highest BCUT2D eigenvalue weighted by Gasteiger charge is 2.29. The first-order valence-electron chi connectivity index (χ1n) is 6.77. The van der Waals surface area contributed by atoms with Crippen molar-refractivity contribution in [1.82, 2.24) is 4.90 Å². The van der Waals surface area contributed by atoms with Crippen LogP contribution in [-0.2, 0) is 16.1 Å². The van der Waals surface area contributed by atoms with Crippen molar-refractivity contribution in [3.05, 3.63) is 39.7 Å². The van der Waals surface area contributed by atoms with E-state index in [0.29, 0.717) is 18.5 Å². The Morgan fingerprint density at radius 1 is 1.52 bits per heavy atom. The summed E-state index contributed by atoms with van der Waals surface area (Å²) in [5, 5.41) is 10.6. The molecule has 2 rings (SSSR count). The van der Waals surface area contributed by atoms with Crippen LogP contribution in [0.4, 0.5) is 10.1 Å². The van der Waals surface area contributed by atoms with Gasteiger partial charge in [-0.25, -0.2) is 0 Å². The molecule has 0 radical (unpaired) electrons. The molecule has 7 heteroatoms. The second-order valence-electron chi connectivity index (χ2n) is 5.05. The van der Waals surface area contributed by atoms with E-state index >= 15 is 0 Å². The summed E-state index contributed by atoms with van der Waals surface area (Å²) >= 11 is 0. The van der Waals surface area contributed by atoms with Crippen molar-refractivity contribution in [3.8, 4) is 0 Å². The number of carbonyl (C=O) groups is 1. The van der Waals surface area contributed by atoms with Crippen molar-refractivity contribution in [2.75, 3.05) is 13.7 Å². The van der Waals surface area contributed by atoms with E-state index in [1.807, 2.05) is 4.90 Å². The van der Waals surface area contributed by atoms with Gasteiger partial charge in [0.1, 0.15) is 6.04 Å². The number of likely N-dealkylation sites (tertiary alicyclic amines) is 1. The van der Waals surface area contributed by atoms with Gasteiger partial charge in [-0.05, 0) is 31.0 Å². The number of benzene rings is 1. The summed E-state index contributed by atoms with van der Waals surface area (Å²) in [6, 6.07) is 3.49. The molecule has 1 aliphatic heterocycles. The minimum absolute atomic E-state index is 0.294. The van der Waals surface area contributed by atoms with Crippen LogP contribution in [-0.4, -0.2) is 35.5 Å². The van der Waals surface area contributed by atoms with Crippen molar-refractivity contribution in [3.63, 3.8) is 0 Å². The highest BCUT2D eigenvalue weighted by Crippen LogP contribution is 2.23. The van der Waals surface area contributed by atoms with E-state index in [1.54, 1.807) is 0 Å². The quantitative estimate of drug-likeness (QED) is 0.484. The molecule has 0 spiro atoms. The molecule has 1 unspecified atom stereocenters. The number of methoxy groups -OCH3 is 1. The van der Waals surface area contributed by atoms with Crippen molar-refractivity contribution in [2.24, 2.45) is 0 Å². The fourth-order valence-corrected chi connectivity index (χ4v) is 2.61. The van der Waals surface area contributed by atoms with Crippen LogP contribution >= 0.6 is 0 Å². The number of nitro benzene ring substituents is 1. The molecule has 0 aromatic heterocycles. The molecule has 0 N–H and O–H groups in total. The fraction of sp³-hybridized carbons (Fsp3) is 0.500. The predicted molar refractivity (Wildman–Crippen MR) is 73.1 cm³/mol. The lowest BCUT2D eigenvalue weighted by Gasteiger charge is -2.33. The smallest absolute Gasteiger partial charge is 0.323 e. The fourth-order valence-electron chi connectivity index (χ4n) is 2.61. The maximum Gasteiger partial charge on any atom is 0.323 e. The lowest BCUT2D eigenvalue weighted by atomic mass is 10.0. The minimum atomic E-state index is -0.857. The number of piperidine rings is 1. The number of ether oxygens (including phenoxy) is 1. The van der Waals surface area contributed by atoms with Crippen LogP contribution in [0.25, 0.3) is 0 Å². The molecule has 1 saturated heterocycles. The van der Waals surface area contributed by atoms with E-state index in [4.69, 9.17) is 4.74 Å². The second-order valence-corrected chi connectivity index (χ2v) is 5.05. The predicted octanol–water partition coefficient (Wildman–Crippen LogP) is 2.26. The average Bonchev–Trinajstić information content (AvgIpc) is 2.46. The Bertz CT molecular complexity index is 550. The van der Waals surface area contributed by atoms with Gasteiger partial charge in [-0.3, -0.25) is 19.8 Å². The molecule has 114 valence electrons. The summed E-state index contributed by atoms with van der Waals surface area (Å²) in [6.45, 7) is 1.09. The molecule has 0 saturated carbocycles. The van der Waals surface area contributed by atoms with E-state index in [9.17, 15) is 19.3 Å². The van der Waals surface area contributed by atoms with Gasteiger partial charge in [-0.1, -0.05) is 12.5 Å². The van der Waals surface area contributed by atoms with Gasteiger partial charge in [-0.2, -0.15) is 4.39 Å². The summed E-state index contributed by atoms with van der Waals surface area (Å²) < 4.78 is 18.4. The number of nitro groups is 1. The van der Waals surface area contributed by atoms with Crippen LogP contribution in [0.3, 0.4) is 0 Å². The molecular weight excluding hydrogens is 279 g/mol. The van der Waals surface area contributed by atoms with Gasteiger partial charge in [0.2, 0.25) is 5.82 Å². The summed E-state index contributed by atoms with van der Waals surface area (Å²) in [5.41, 5.74) is 0.0656. The van der Waals surface area contributed by atoms with Crippen LogP contribution < -0.4 is 0 Å². The highest BCUT2D eigenvalue weighted by atomic mass is 19.1. The Kier molecular flexibility index (Phi) is 4.85.